The zero-order chi connectivity index (χ0) is 22.8. The first kappa shape index (κ1) is 25.4. The van der Waals surface area contributed by atoms with E-state index in [1.165, 1.54) is 0 Å². The van der Waals surface area contributed by atoms with Crippen molar-refractivity contribution in [2.75, 3.05) is 27.2 Å². The molecule has 1 aromatic carbocycles. The number of carboxylic acids is 2. The van der Waals surface area contributed by atoms with E-state index in [1.807, 2.05) is 31.2 Å². The second-order valence-corrected chi connectivity index (χ2v) is 7.04. The molecular formula is C19H26ClN3O7. The number of nitrogens with one attached hydrogen (secondary N) is 1. The molecule has 0 spiro atoms. The van der Waals surface area contributed by atoms with Gasteiger partial charge in [0.25, 0.3) is 0 Å². The number of carboxylic acid groups (broad SMARTS) is 2. The Balaban J connectivity index is 0.000000382. The number of aliphatic hydroxyl groups excluding tert-OH is 2. The van der Waals surface area contributed by atoms with Crippen molar-refractivity contribution in [1.29, 1.82) is 0 Å². The molecule has 30 heavy (non-hydrogen) atoms. The number of aromatic amines is 1. The molecule has 2 rings (SSSR count). The van der Waals surface area contributed by atoms with Crippen LogP contribution in [-0.2, 0) is 9.59 Å². The highest BCUT2D eigenvalue weighted by Crippen LogP contribution is 2.28. The van der Waals surface area contributed by atoms with E-state index in [-0.39, 0.29) is 0 Å². The first-order chi connectivity index (χ1) is 14.0. The topological polar surface area (TPSA) is 156 Å². The highest BCUT2D eigenvalue weighted by molar-refractivity contribution is 6.30. The molecular weight excluding hydrogens is 418 g/mol. The Labute approximate surface area is 178 Å². The van der Waals surface area contributed by atoms with Crippen molar-refractivity contribution in [3.63, 3.8) is 0 Å². The fourth-order valence-corrected chi connectivity index (χ4v) is 2.37. The van der Waals surface area contributed by atoms with Crippen molar-refractivity contribution in [3.8, 4) is 17.1 Å². The monoisotopic (exact) mass is 443 g/mol. The van der Waals surface area contributed by atoms with E-state index in [1.54, 1.807) is 0 Å². The number of halogens is 1. The molecule has 0 aliphatic heterocycles. The molecule has 1 aromatic heterocycles. The molecule has 0 unspecified atom stereocenters. The molecule has 166 valence electrons. The summed E-state index contributed by atoms with van der Waals surface area (Å²) < 4.78 is 5.72. The fraction of sp³-hybridized carbons (Fsp3) is 0.421. The van der Waals surface area contributed by atoms with E-state index in [4.69, 9.17) is 36.8 Å². The van der Waals surface area contributed by atoms with Gasteiger partial charge in [-0.1, -0.05) is 23.7 Å². The Hall–Kier alpha value is -2.66. The van der Waals surface area contributed by atoms with Crippen LogP contribution in [0.5, 0.6) is 5.88 Å². The van der Waals surface area contributed by atoms with E-state index in [0.717, 1.165) is 34.8 Å². The third kappa shape index (κ3) is 7.99. The molecule has 0 amide bonds. The van der Waals surface area contributed by atoms with Crippen LogP contribution in [0.4, 0.5) is 0 Å². The number of hydrogen-bond acceptors (Lipinski definition) is 7. The van der Waals surface area contributed by atoms with E-state index in [9.17, 15) is 9.59 Å². The number of hydrogen-bond donors (Lipinski definition) is 5. The predicted molar refractivity (Wildman–Crippen MR) is 110 cm³/mol. The van der Waals surface area contributed by atoms with E-state index < -0.39 is 24.1 Å². The van der Waals surface area contributed by atoms with E-state index >= 15 is 0 Å². The number of H-pyrrole nitrogens is 1. The Morgan fingerprint density at radius 2 is 1.67 bits per heavy atom. The van der Waals surface area contributed by atoms with Crippen LogP contribution in [0.2, 0.25) is 5.02 Å². The van der Waals surface area contributed by atoms with Gasteiger partial charge in [-0.05, 0) is 39.6 Å². The summed E-state index contributed by atoms with van der Waals surface area (Å²) in [7, 11) is 4.11. The van der Waals surface area contributed by atoms with Gasteiger partial charge in [-0.3, -0.25) is 5.10 Å². The Morgan fingerprint density at radius 3 is 2.13 bits per heavy atom. The van der Waals surface area contributed by atoms with E-state index in [2.05, 4.69) is 29.2 Å². The van der Waals surface area contributed by atoms with Crippen molar-refractivity contribution in [2.45, 2.75) is 25.6 Å². The lowest BCUT2D eigenvalue weighted by molar-refractivity contribution is -0.165. The largest absolute Gasteiger partial charge is 0.479 e. The van der Waals surface area contributed by atoms with Crippen molar-refractivity contribution >= 4 is 23.5 Å². The maximum Gasteiger partial charge on any atom is 0.335 e. The summed E-state index contributed by atoms with van der Waals surface area (Å²) in [5, 5.41) is 40.5. The zero-order valence-corrected chi connectivity index (χ0v) is 17.6. The van der Waals surface area contributed by atoms with Crippen LogP contribution in [-0.4, -0.2) is 86.9 Å². The first-order valence-corrected chi connectivity index (χ1v) is 9.32. The van der Waals surface area contributed by atoms with Gasteiger partial charge in [-0.2, -0.15) is 0 Å². The lowest BCUT2D eigenvalue weighted by Crippen LogP contribution is -2.39. The standard InChI is InChI=1S/C15H20ClN3O.C4H6O6/c1-11-14(12-5-7-13(16)8-6-12)17-18-15(11)20-10-4-9-19(2)3;5-1(3(7)8)2(6)4(9)10/h5-8H,4,9-10H2,1-3H3,(H,17,18);1-2,5-6H,(H,7,8)(H,9,10)/t;1-,2-/m.1/s1. The molecule has 1 heterocycles. The molecule has 0 bridgehead atoms. The molecule has 11 heteroatoms. The molecule has 0 saturated carbocycles. The van der Waals surface area contributed by atoms with Crippen LogP contribution >= 0.6 is 11.6 Å². The van der Waals surface area contributed by atoms with Crippen LogP contribution in [0.3, 0.4) is 0 Å². The number of benzene rings is 1. The summed E-state index contributed by atoms with van der Waals surface area (Å²) in [6.45, 7) is 3.69. The van der Waals surface area contributed by atoms with Crippen LogP contribution in [0, 0.1) is 6.92 Å². The van der Waals surface area contributed by atoms with Crippen LogP contribution in [0.25, 0.3) is 11.3 Å². The van der Waals surface area contributed by atoms with Crippen LogP contribution in [0.15, 0.2) is 24.3 Å². The maximum atomic E-state index is 9.77. The molecule has 5 N–H and O–H groups in total. The first-order valence-electron chi connectivity index (χ1n) is 8.94. The molecule has 0 aliphatic rings. The number of rotatable bonds is 9. The average Bonchev–Trinajstić information content (AvgIpc) is 3.05. The molecule has 2 atom stereocenters. The van der Waals surface area contributed by atoms with Crippen molar-refractivity contribution in [3.05, 3.63) is 34.9 Å². The highest BCUT2D eigenvalue weighted by atomic mass is 35.5. The van der Waals surface area contributed by atoms with Gasteiger partial charge in [0.05, 0.1) is 12.3 Å². The summed E-state index contributed by atoms with van der Waals surface area (Å²) in [5.74, 6) is -2.86. The zero-order valence-electron chi connectivity index (χ0n) is 16.9. The number of carbonyl (C=O) groups is 2. The summed E-state index contributed by atoms with van der Waals surface area (Å²) in [4.78, 5) is 21.7. The summed E-state index contributed by atoms with van der Waals surface area (Å²) in [6, 6.07) is 7.68. The Morgan fingerprint density at radius 1 is 1.13 bits per heavy atom. The molecule has 0 radical (unpaired) electrons. The molecule has 0 aliphatic carbocycles. The third-order valence-corrected chi connectivity index (χ3v) is 4.14. The average molecular weight is 444 g/mol. The fourth-order valence-electron chi connectivity index (χ4n) is 2.24. The molecule has 0 fully saturated rings. The molecule has 0 saturated heterocycles. The number of aliphatic hydroxyl groups is 2. The van der Waals surface area contributed by atoms with E-state index in [0.29, 0.717) is 12.5 Å². The Bertz CT molecular complexity index is 806. The minimum absolute atomic E-state index is 0.671. The quantitative estimate of drug-likeness (QED) is 0.360. The Kier molecular flexibility index (Phi) is 10.3. The van der Waals surface area contributed by atoms with Gasteiger partial charge in [-0.25, -0.2) is 9.59 Å². The molecule has 2 aromatic rings. The molecule has 10 nitrogen and oxygen atoms in total. The minimum atomic E-state index is -2.27. The summed E-state index contributed by atoms with van der Waals surface area (Å²) >= 11 is 5.90. The van der Waals surface area contributed by atoms with Gasteiger partial charge >= 0.3 is 11.9 Å². The second kappa shape index (κ2) is 12.1. The van der Waals surface area contributed by atoms with Gasteiger partial charge < -0.3 is 30.1 Å². The smallest absolute Gasteiger partial charge is 0.335 e. The van der Waals surface area contributed by atoms with Gasteiger partial charge in [0, 0.05) is 22.7 Å². The predicted octanol–water partition coefficient (Wildman–Crippen LogP) is 1.25. The van der Waals surface area contributed by atoms with Crippen molar-refractivity contribution in [2.24, 2.45) is 0 Å². The summed E-state index contributed by atoms with van der Waals surface area (Å²) in [6.07, 6.45) is -3.55. The highest BCUT2D eigenvalue weighted by Gasteiger charge is 2.29. The normalized spacial score (nSPS) is 12.6. The summed E-state index contributed by atoms with van der Waals surface area (Å²) in [5.41, 5.74) is 3.06. The van der Waals surface area contributed by atoms with Gasteiger partial charge in [0.15, 0.2) is 12.2 Å². The number of aliphatic carboxylic acids is 2. The van der Waals surface area contributed by atoms with Crippen LogP contribution in [0.1, 0.15) is 12.0 Å². The second-order valence-electron chi connectivity index (χ2n) is 6.61. The van der Waals surface area contributed by atoms with Crippen LogP contribution < -0.4 is 4.74 Å². The maximum absolute atomic E-state index is 9.77. The lowest BCUT2D eigenvalue weighted by atomic mass is 10.1. The number of nitrogens with zero attached hydrogens (tertiary/aromatic N) is 2. The van der Waals surface area contributed by atoms with Crippen molar-refractivity contribution in [1.82, 2.24) is 15.1 Å². The van der Waals surface area contributed by atoms with Gasteiger partial charge in [0.2, 0.25) is 5.88 Å². The number of aromatic nitrogens is 2. The third-order valence-electron chi connectivity index (χ3n) is 3.89. The number of ether oxygens (including phenoxy) is 1. The SMILES string of the molecule is Cc1c(OCCCN(C)C)n[nH]c1-c1ccc(Cl)cc1.O=C(O)[C@H](O)[C@@H](O)C(=O)O. The van der Waals surface area contributed by atoms with Crippen molar-refractivity contribution < 1.29 is 34.8 Å². The van der Waals surface area contributed by atoms with Gasteiger partial charge in [0.1, 0.15) is 0 Å². The van der Waals surface area contributed by atoms with Gasteiger partial charge in [-0.15, -0.1) is 5.10 Å². The minimum Gasteiger partial charge on any atom is -0.479 e. The lowest BCUT2D eigenvalue weighted by Gasteiger charge is -2.09.